The molecule has 0 spiro atoms. The van der Waals surface area contributed by atoms with Gasteiger partial charge in [-0.15, -0.1) is 0 Å². The lowest BCUT2D eigenvalue weighted by Crippen LogP contribution is -2.48. The minimum atomic E-state index is -0.0377. The summed E-state index contributed by atoms with van der Waals surface area (Å²) < 4.78 is 4.86. The number of likely N-dealkylation sites (N-methyl/N-ethyl adjacent to an activating group) is 1. The van der Waals surface area contributed by atoms with Crippen LogP contribution in [-0.2, 0) is 9.53 Å². The minimum absolute atomic E-state index is 0.0377. The Labute approximate surface area is 116 Å². The molecule has 2 rings (SSSR count). The Bertz CT molecular complexity index is 290. The maximum absolute atomic E-state index is 11.6. The molecule has 2 aliphatic heterocycles. The van der Waals surface area contributed by atoms with Gasteiger partial charge in [0.15, 0.2) is 0 Å². The third kappa shape index (κ3) is 4.44. The summed E-state index contributed by atoms with van der Waals surface area (Å²) in [7, 11) is 3.68. The number of nitrogens with zero attached hydrogens (tertiary/aromatic N) is 3. The topological polar surface area (TPSA) is 36.0 Å². The van der Waals surface area contributed by atoms with Crippen LogP contribution in [0.25, 0.3) is 0 Å². The molecule has 0 aromatic rings. The molecule has 110 valence electrons. The first-order valence-electron chi connectivity index (χ1n) is 7.40. The summed E-state index contributed by atoms with van der Waals surface area (Å²) >= 11 is 0. The molecule has 2 heterocycles. The lowest BCUT2D eigenvalue weighted by Gasteiger charge is -2.36. The van der Waals surface area contributed by atoms with Crippen molar-refractivity contribution in [1.29, 1.82) is 0 Å². The van der Waals surface area contributed by atoms with Crippen molar-refractivity contribution in [3.8, 4) is 0 Å². The average Bonchev–Trinajstić information content (AvgIpc) is 2.46. The molecule has 5 nitrogen and oxygen atoms in total. The maximum Gasteiger partial charge on any atom is 0.309 e. The van der Waals surface area contributed by atoms with Gasteiger partial charge in [0, 0.05) is 45.8 Å². The van der Waals surface area contributed by atoms with Crippen LogP contribution in [0.3, 0.4) is 0 Å². The van der Waals surface area contributed by atoms with Crippen molar-refractivity contribution < 1.29 is 9.53 Å². The third-order valence-electron chi connectivity index (χ3n) is 4.37. The highest BCUT2D eigenvalue weighted by atomic mass is 16.5. The fraction of sp³-hybridized carbons (Fsp3) is 0.929. The zero-order chi connectivity index (χ0) is 13.7. The summed E-state index contributed by atoms with van der Waals surface area (Å²) in [5.41, 5.74) is 0. The molecule has 0 radical (unpaired) electrons. The normalized spacial score (nSPS) is 27.4. The van der Waals surface area contributed by atoms with Crippen molar-refractivity contribution in [1.82, 2.24) is 14.7 Å². The molecule has 2 saturated heterocycles. The van der Waals surface area contributed by atoms with Gasteiger partial charge in [-0.25, -0.2) is 0 Å². The van der Waals surface area contributed by atoms with Gasteiger partial charge >= 0.3 is 5.97 Å². The molecular weight excluding hydrogens is 242 g/mol. The van der Waals surface area contributed by atoms with Crippen LogP contribution in [0, 0.1) is 5.92 Å². The fourth-order valence-electron chi connectivity index (χ4n) is 2.97. The first-order valence-corrected chi connectivity index (χ1v) is 7.40. The van der Waals surface area contributed by atoms with Crippen molar-refractivity contribution >= 4 is 5.97 Å². The summed E-state index contributed by atoms with van der Waals surface area (Å²) in [4.78, 5) is 18.9. The highest BCUT2D eigenvalue weighted by molar-refractivity contribution is 5.72. The van der Waals surface area contributed by atoms with E-state index >= 15 is 0 Å². The van der Waals surface area contributed by atoms with Crippen LogP contribution < -0.4 is 0 Å². The largest absolute Gasteiger partial charge is 0.469 e. The van der Waals surface area contributed by atoms with Gasteiger partial charge in [-0.05, 0) is 26.4 Å². The van der Waals surface area contributed by atoms with Gasteiger partial charge in [-0.3, -0.25) is 9.69 Å². The van der Waals surface area contributed by atoms with E-state index in [1.165, 1.54) is 33.3 Å². The second-order valence-electron chi connectivity index (χ2n) is 5.81. The Morgan fingerprint density at radius 3 is 2.47 bits per heavy atom. The quantitative estimate of drug-likeness (QED) is 0.678. The van der Waals surface area contributed by atoms with E-state index in [0.717, 1.165) is 39.0 Å². The smallest absolute Gasteiger partial charge is 0.309 e. The van der Waals surface area contributed by atoms with Crippen molar-refractivity contribution in [2.45, 2.75) is 12.8 Å². The van der Waals surface area contributed by atoms with E-state index in [-0.39, 0.29) is 11.9 Å². The van der Waals surface area contributed by atoms with Gasteiger partial charge in [0.2, 0.25) is 0 Å². The Morgan fingerprint density at radius 1 is 1.11 bits per heavy atom. The van der Waals surface area contributed by atoms with Crippen LogP contribution in [0.4, 0.5) is 0 Å². The molecule has 0 unspecified atom stereocenters. The van der Waals surface area contributed by atoms with Crippen LogP contribution in [0.1, 0.15) is 12.8 Å². The second-order valence-corrected chi connectivity index (χ2v) is 5.81. The standard InChI is InChI=1S/C14H27N3O2/c1-15-6-8-16(9-7-15)10-11-17-5-3-4-13(12-17)14(18)19-2/h13H,3-12H2,1-2H3/t13-/m0/s1. The molecule has 0 bridgehead atoms. The number of likely N-dealkylation sites (tertiary alicyclic amines) is 1. The zero-order valence-electron chi connectivity index (χ0n) is 12.3. The number of hydrogen-bond donors (Lipinski definition) is 0. The molecular formula is C14H27N3O2. The number of carbonyl (C=O) groups excluding carboxylic acids is 1. The molecule has 0 aromatic carbocycles. The van der Waals surface area contributed by atoms with Gasteiger partial charge in [0.05, 0.1) is 13.0 Å². The van der Waals surface area contributed by atoms with Gasteiger partial charge in [-0.1, -0.05) is 0 Å². The predicted octanol–water partition coefficient (Wildman–Crippen LogP) is 0.119. The molecule has 2 fully saturated rings. The van der Waals surface area contributed by atoms with Crippen LogP contribution >= 0.6 is 0 Å². The molecule has 0 N–H and O–H groups in total. The van der Waals surface area contributed by atoms with Crippen molar-refractivity contribution in [2.24, 2.45) is 5.92 Å². The zero-order valence-corrected chi connectivity index (χ0v) is 12.3. The lowest BCUT2D eigenvalue weighted by molar-refractivity contribution is -0.147. The molecule has 0 aromatic heterocycles. The number of esters is 1. The van der Waals surface area contributed by atoms with Crippen LogP contribution in [0.2, 0.25) is 0 Å². The Kier molecular flexibility index (Phi) is 5.60. The van der Waals surface area contributed by atoms with Crippen LogP contribution in [0.15, 0.2) is 0 Å². The van der Waals surface area contributed by atoms with Gasteiger partial charge in [0.1, 0.15) is 0 Å². The van der Waals surface area contributed by atoms with Crippen LogP contribution in [-0.4, -0.2) is 87.2 Å². The van der Waals surface area contributed by atoms with Gasteiger partial charge < -0.3 is 14.5 Å². The number of piperazine rings is 1. The van der Waals surface area contributed by atoms with Gasteiger partial charge in [-0.2, -0.15) is 0 Å². The second kappa shape index (κ2) is 7.22. The molecule has 19 heavy (non-hydrogen) atoms. The first-order chi connectivity index (χ1) is 9.19. The molecule has 0 aliphatic carbocycles. The highest BCUT2D eigenvalue weighted by Crippen LogP contribution is 2.17. The first kappa shape index (κ1) is 14.8. The highest BCUT2D eigenvalue weighted by Gasteiger charge is 2.26. The molecule has 0 amide bonds. The Hall–Kier alpha value is -0.650. The van der Waals surface area contributed by atoms with Crippen molar-refractivity contribution in [2.75, 3.05) is 66.5 Å². The van der Waals surface area contributed by atoms with E-state index in [0.29, 0.717) is 0 Å². The lowest BCUT2D eigenvalue weighted by atomic mass is 9.98. The molecule has 2 aliphatic rings. The number of piperidine rings is 1. The summed E-state index contributed by atoms with van der Waals surface area (Å²) in [6.07, 6.45) is 2.10. The third-order valence-corrected chi connectivity index (χ3v) is 4.37. The Morgan fingerprint density at radius 2 is 1.79 bits per heavy atom. The van der Waals surface area contributed by atoms with Crippen LogP contribution in [0.5, 0.6) is 0 Å². The molecule has 1 atom stereocenters. The number of methoxy groups -OCH3 is 1. The van der Waals surface area contributed by atoms with E-state index in [9.17, 15) is 4.79 Å². The van der Waals surface area contributed by atoms with E-state index in [1.54, 1.807) is 0 Å². The summed E-state index contributed by atoms with van der Waals surface area (Å²) in [6.45, 7) is 8.89. The number of ether oxygens (including phenoxy) is 1. The van der Waals surface area contributed by atoms with Crippen molar-refractivity contribution in [3.05, 3.63) is 0 Å². The predicted molar refractivity (Wildman–Crippen MR) is 75.1 cm³/mol. The average molecular weight is 269 g/mol. The fourth-order valence-corrected chi connectivity index (χ4v) is 2.97. The van der Waals surface area contributed by atoms with E-state index in [1.807, 2.05) is 0 Å². The van der Waals surface area contributed by atoms with Crippen molar-refractivity contribution in [3.63, 3.8) is 0 Å². The Balaban J connectivity index is 1.69. The summed E-state index contributed by atoms with van der Waals surface area (Å²) in [5.74, 6) is 0.0514. The SMILES string of the molecule is COC(=O)[C@H]1CCCN(CCN2CCN(C)CC2)C1. The monoisotopic (exact) mass is 269 g/mol. The van der Waals surface area contributed by atoms with Gasteiger partial charge in [0.25, 0.3) is 0 Å². The molecule has 5 heteroatoms. The number of hydrogen-bond acceptors (Lipinski definition) is 5. The summed E-state index contributed by atoms with van der Waals surface area (Å²) in [5, 5.41) is 0. The minimum Gasteiger partial charge on any atom is -0.469 e. The van der Waals surface area contributed by atoms with E-state index < -0.39 is 0 Å². The summed E-state index contributed by atoms with van der Waals surface area (Å²) in [6, 6.07) is 0. The molecule has 0 saturated carbocycles. The maximum atomic E-state index is 11.6. The number of carbonyl (C=O) groups is 1. The number of rotatable bonds is 4. The van der Waals surface area contributed by atoms with E-state index in [4.69, 9.17) is 4.74 Å². The van der Waals surface area contributed by atoms with E-state index in [2.05, 4.69) is 21.7 Å².